The van der Waals surface area contributed by atoms with Crippen LogP contribution in [-0.2, 0) is 9.47 Å². The van der Waals surface area contributed by atoms with Gasteiger partial charge in [-0.2, -0.15) is 0 Å². The molecule has 0 unspecified atom stereocenters. The molecule has 0 bridgehead atoms. The Labute approximate surface area is 140 Å². The van der Waals surface area contributed by atoms with Crippen molar-refractivity contribution in [1.82, 2.24) is 0 Å². The Balaban J connectivity index is 1.92. The molecular formula is C17H11BrO5. The highest BCUT2D eigenvalue weighted by molar-refractivity contribution is 9.10. The molecule has 3 rings (SSSR count). The summed E-state index contributed by atoms with van der Waals surface area (Å²) in [5.41, 5.74) is 1.90. The minimum atomic E-state index is -0.838. The first-order valence-corrected chi connectivity index (χ1v) is 7.44. The molecule has 1 aliphatic carbocycles. The topological polar surface area (TPSA) is 72.8 Å². The van der Waals surface area contributed by atoms with Gasteiger partial charge in [0.15, 0.2) is 5.78 Å². The molecule has 0 spiro atoms. The van der Waals surface area contributed by atoms with E-state index in [1.807, 2.05) is 0 Å². The first kappa shape index (κ1) is 15.3. The lowest BCUT2D eigenvalue weighted by molar-refractivity contribution is 0.103. The van der Waals surface area contributed by atoms with Crippen LogP contribution < -0.4 is 0 Å². The highest BCUT2D eigenvalue weighted by atomic mass is 79.9. The number of phenols is 1. The Morgan fingerprint density at radius 1 is 1.13 bits per heavy atom. The lowest BCUT2D eigenvalue weighted by Gasteiger charge is -2.20. The fourth-order valence-electron chi connectivity index (χ4n) is 2.27. The van der Waals surface area contributed by atoms with Gasteiger partial charge in [0.1, 0.15) is 11.5 Å². The van der Waals surface area contributed by atoms with E-state index in [0.29, 0.717) is 26.9 Å². The average Bonchev–Trinajstić information content (AvgIpc) is 2.54. The highest BCUT2D eigenvalue weighted by Gasteiger charge is 2.26. The monoisotopic (exact) mass is 374 g/mol. The summed E-state index contributed by atoms with van der Waals surface area (Å²) >= 11 is 3.32. The number of hydrogen-bond donors (Lipinski definition) is 1. The Morgan fingerprint density at radius 3 is 2.57 bits per heavy atom. The molecule has 0 heterocycles. The summed E-state index contributed by atoms with van der Waals surface area (Å²) in [5, 5.41) is 10.1. The molecule has 0 saturated carbocycles. The molecule has 0 amide bonds. The van der Waals surface area contributed by atoms with Gasteiger partial charge in [0.05, 0.1) is 12.7 Å². The number of carbonyl (C=O) groups excluding carboxylic acids is 2. The van der Waals surface area contributed by atoms with Crippen LogP contribution in [0.5, 0.6) is 5.75 Å². The van der Waals surface area contributed by atoms with Gasteiger partial charge in [-0.25, -0.2) is 4.79 Å². The number of benzene rings is 2. The van der Waals surface area contributed by atoms with E-state index in [-0.39, 0.29) is 17.1 Å². The van der Waals surface area contributed by atoms with E-state index in [0.717, 1.165) is 0 Å². The highest BCUT2D eigenvalue weighted by Crippen LogP contribution is 2.38. The zero-order valence-electron chi connectivity index (χ0n) is 12.0. The zero-order valence-corrected chi connectivity index (χ0v) is 13.6. The minimum Gasteiger partial charge on any atom is -0.507 e. The summed E-state index contributed by atoms with van der Waals surface area (Å²) in [5.74, 6) is -0.181. The predicted molar refractivity (Wildman–Crippen MR) is 87.0 cm³/mol. The summed E-state index contributed by atoms with van der Waals surface area (Å²) < 4.78 is 9.98. The van der Waals surface area contributed by atoms with E-state index in [4.69, 9.17) is 4.74 Å². The van der Waals surface area contributed by atoms with Crippen LogP contribution >= 0.6 is 15.9 Å². The van der Waals surface area contributed by atoms with E-state index in [1.54, 1.807) is 36.4 Å². The van der Waals surface area contributed by atoms with Crippen molar-refractivity contribution in [2.45, 2.75) is 0 Å². The van der Waals surface area contributed by atoms with Crippen LogP contribution in [0.4, 0.5) is 4.79 Å². The predicted octanol–water partition coefficient (Wildman–Crippen LogP) is 3.98. The van der Waals surface area contributed by atoms with Crippen molar-refractivity contribution >= 4 is 39.7 Å². The zero-order chi connectivity index (χ0) is 16.6. The number of carbonyl (C=O) groups is 2. The number of ketones is 1. The molecule has 6 heteroatoms. The maximum Gasteiger partial charge on any atom is 0.513 e. The molecule has 2 aromatic rings. The van der Waals surface area contributed by atoms with Gasteiger partial charge >= 0.3 is 6.16 Å². The first-order chi connectivity index (χ1) is 11.0. The molecule has 0 aliphatic heterocycles. The quantitative estimate of drug-likeness (QED) is 0.649. The number of phenolic OH excluding ortho intramolecular Hbond substituents is 1. The molecule has 0 atom stereocenters. The molecule has 0 aromatic heterocycles. The minimum absolute atomic E-state index is 0.177. The summed E-state index contributed by atoms with van der Waals surface area (Å²) in [6.07, 6.45) is 0.762. The molecule has 0 saturated heterocycles. The number of halogens is 1. The standard InChI is InChI=1S/C17H11BrO5/c1-22-17(21)23-15-7-9-6-12(14(19)8-11(9)15)16(20)10-4-2-3-5-13(10)18/h2-8,19H,1H3. The van der Waals surface area contributed by atoms with Gasteiger partial charge in [-0.05, 0) is 35.9 Å². The third-order valence-electron chi connectivity index (χ3n) is 3.44. The number of rotatable bonds is 3. The van der Waals surface area contributed by atoms with Crippen molar-refractivity contribution < 1.29 is 24.2 Å². The van der Waals surface area contributed by atoms with Gasteiger partial charge in [-0.3, -0.25) is 4.79 Å². The molecule has 2 aromatic carbocycles. The van der Waals surface area contributed by atoms with Crippen LogP contribution in [0.2, 0.25) is 0 Å². The van der Waals surface area contributed by atoms with Crippen molar-refractivity contribution in [3.8, 4) is 5.75 Å². The summed E-state index contributed by atoms with van der Waals surface area (Å²) in [6.45, 7) is 0. The van der Waals surface area contributed by atoms with Crippen molar-refractivity contribution in [2.75, 3.05) is 7.11 Å². The molecule has 23 heavy (non-hydrogen) atoms. The molecule has 0 radical (unpaired) electrons. The third kappa shape index (κ3) is 2.73. The number of ether oxygens (including phenoxy) is 2. The lowest BCUT2D eigenvalue weighted by Crippen LogP contribution is -2.11. The van der Waals surface area contributed by atoms with Crippen molar-refractivity contribution in [3.63, 3.8) is 0 Å². The van der Waals surface area contributed by atoms with Crippen molar-refractivity contribution in [3.05, 3.63) is 63.1 Å². The van der Waals surface area contributed by atoms with Gasteiger partial charge in [0, 0.05) is 15.6 Å². The fraction of sp³-hybridized carbons (Fsp3) is 0.0588. The smallest absolute Gasteiger partial charge is 0.507 e. The van der Waals surface area contributed by atoms with E-state index >= 15 is 0 Å². The summed E-state index contributed by atoms with van der Waals surface area (Å²) in [7, 11) is 1.21. The number of hydrogen-bond acceptors (Lipinski definition) is 5. The Kier molecular flexibility index (Phi) is 3.92. The van der Waals surface area contributed by atoms with Crippen molar-refractivity contribution in [1.29, 1.82) is 0 Å². The Hall–Kier alpha value is -2.60. The maximum atomic E-state index is 12.6. The van der Waals surface area contributed by atoms with E-state index in [1.165, 1.54) is 13.2 Å². The molecule has 0 fully saturated rings. The Bertz CT molecular complexity index is 854. The van der Waals surface area contributed by atoms with Gasteiger partial charge in [0.2, 0.25) is 0 Å². The van der Waals surface area contributed by atoms with E-state index < -0.39 is 6.16 Å². The first-order valence-electron chi connectivity index (χ1n) is 6.65. The second kappa shape index (κ2) is 5.89. The second-order valence-electron chi connectivity index (χ2n) is 4.83. The summed E-state index contributed by atoms with van der Waals surface area (Å²) in [6, 6.07) is 9.95. The van der Waals surface area contributed by atoms with Crippen LogP contribution in [-0.4, -0.2) is 24.2 Å². The van der Waals surface area contributed by atoms with Gasteiger partial charge in [-0.15, -0.1) is 0 Å². The van der Waals surface area contributed by atoms with Crippen LogP contribution in [0, 0.1) is 0 Å². The maximum absolute atomic E-state index is 12.6. The Morgan fingerprint density at radius 2 is 1.87 bits per heavy atom. The lowest BCUT2D eigenvalue weighted by atomic mass is 9.90. The largest absolute Gasteiger partial charge is 0.513 e. The molecule has 1 N–H and O–H groups in total. The molecule has 1 aliphatic rings. The normalized spacial score (nSPS) is 11.8. The summed E-state index contributed by atoms with van der Waals surface area (Å²) in [4.78, 5) is 23.7. The number of methoxy groups -OCH3 is 1. The number of aromatic hydroxyl groups is 1. The second-order valence-corrected chi connectivity index (χ2v) is 5.68. The van der Waals surface area contributed by atoms with Crippen LogP contribution in [0.25, 0.3) is 11.8 Å². The molecular weight excluding hydrogens is 364 g/mol. The van der Waals surface area contributed by atoms with Crippen LogP contribution in [0.3, 0.4) is 0 Å². The average molecular weight is 375 g/mol. The van der Waals surface area contributed by atoms with Gasteiger partial charge in [0.25, 0.3) is 0 Å². The van der Waals surface area contributed by atoms with Crippen molar-refractivity contribution in [2.24, 2.45) is 0 Å². The van der Waals surface area contributed by atoms with Crippen LogP contribution in [0.1, 0.15) is 27.0 Å². The molecule has 116 valence electrons. The van der Waals surface area contributed by atoms with Gasteiger partial charge < -0.3 is 14.6 Å². The molecule has 5 nitrogen and oxygen atoms in total. The fourth-order valence-corrected chi connectivity index (χ4v) is 2.73. The van der Waals surface area contributed by atoms with Gasteiger partial charge in [-0.1, -0.05) is 28.1 Å². The van der Waals surface area contributed by atoms with Crippen LogP contribution in [0.15, 0.2) is 40.9 Å². The number of fused-ring (bicyclic) bond motifs is 1. The SMILES string of the molecule is COC(=O)OC1=Cc2cc(C(=O)c3ccccc3Br)c(O)cc21. The van der Waals surface area contributed by atoms with E-state index in [9.17, 15) is 14.7 Å². The third-order valence-corrected chi connectivity index (χ3v) is 4.13. The van der Waals surface area contributed by atoms with E-state index in [2.05, 4.69) is 20.7 Å².